The fraction of sp³-hybridized carbons (Fsp3) is 0.536. The number of hydrogen-bond donors (Lipinski definition) is 1. The molecular weight excluding hydrogens is 470 g/mol. The van der Waals surface area contributed by atoms with Crippen LogP contribution < -0.4 is 10.2 Å². The number of esters is 1. The van der Waals surface area contributed by atoms with Crippen LogP contribution in [0.15, 0.2) is 24.3 Å². The number of benzene rings is 1. The number of pyridine rings is 1. The van der Waals surface area contributed by atoms with Gasteiger partial charge in [0, 0.05) is 25.4 Å². The number of nitrogens with zero attached hydrogens (tertiary/aromatic N) is 2. The Bertz CT molecular complexity index is 1110. The summed E-state index contributed by atoms with van der Waals surface area (Å²) in [5.41, 5.74) is 3.78. The third-order valence-electron chi connectivity index (χ3n) is 7.05. The van der Waals surface area contributed by atoms with Gasteiger partial charge in [-0.3, -0.25) is 4.79 Å². The fourth-order valence-corrected chi connectivity index (χ4v) is 5.25. The summed E-state index contributed by atoms with van der Waals surface area (Å²) in [5, 5.41) is 3.21. The van der Waals surface area contributed by atoms with E-state index in [4.69, 9.17) is 14.1 Å². The SMILES string of the molecule is COC(=O)c1ccc(C)c(NC(=O)c2nc(N3CCCC(CO[Si](C)C(C)(C)C)C3)ccc2C)c1C. The lowest BCUT2D eigenvalue weighted by Crippen LogP contribution is -2.39. The Morgan fingerprint density at radius 3 is 2.50 bits per heavy atom. The zero-order valence-electron chi connectivity index (χ0n) is 22.9. The van der Waals surface area contributed by atoms with Crippen LogP contribution in [0.4, 0.5) is 11.5 Å². The van der Waals surface area contributed by atoms with E-state index in [1.54, 1.807) is 6.07 Å². The maximum absolute atomic E-state index is 13.3. The van der Waals surface area contributed by atoms with E-state index in [1.165, 1.54) is 7.11 Å². The summed E-state index contributed by atoms with van der Waals surface area (Å²) in [6, 6.07) is 7.48. The highest BCUT2D eigenvalue weighted by Gasteiger charge is 2.28. The van der Waals surface area contributed by atoms with Crippen molar-refractivity contribution in [3.05, 3.63) is 52.2 Å². The van der Waals surface area contributed by atoms with Crippen LogP contribution in [-0.4, -0.2) is 52.7 Å². The number of methoxy groups -OCH3 is 1. The summed E-state index contributed by atoms with van der Waals surface area (Å²) >= 11 is 0. The molecule has 7 nitrogen and oxygen atoms in total. The molecule has 0 aliphatic carbocycles. The molecule has 1 amide bonds. The molecule has 0 spiro atoms. The lowest BCUT2D eigenvalue weighted by Gasteiger charge is -2.35. The molecule has 1 aliphatic heterocycles. The van der Waals surface area contributed by atoms with Crippen molar-refractivity contribution in [1.82, 2.24) is 4.98 Å². The molecular formula is C28H40N3O4Si. The highest BCUT2D eigenvalue weighted by atomic mass is 28.3. The standard InChI is InChI=1S/C28H40N3O4Si/c1-18-11-13-22(27(33)34-7)20(3)24(18)30-26(32)25-19(2)12-14-23(29-25)31-15-9-10-21(16-31)17-35-36(8)28(4,5)6/h11-14,21H,9-10,15-17H2,1-8H3,(H,30,32). The van der Waals surface area contributed by atoms with Crippen LogP contribution in [0.5, 0.6) is 0 Å². The van der Waals surface area contributed by atoms with Crippen LogP contribution in [0.3, 0.4) is 0 Å². The van der Waals surface area contributed by atoms with Gasteiger partial charge in [-0.25, -0.2) is 9.78 Å². The van der Waals surface area contributed by atoms with Crippen molar-refractivity contribution in [2.24, 2.45) is 5.92 Å². The zero-order valence-corrected chi connectivity index (χ0v) is 23.9. The maximum atomic E-state index is 13.3. The number of carbonyl (C=O) groups is 2. The maximum Gasteiger partial charge on any atom is 0.338 e. The Morgan fingerprint density at radius 1 is 1.14 bits per heavy atom. The minimum Gasteiger partial charge on any atom is -0.465 e. The third kappa shape index (κ3) is 6.53. The number of carbonyl (C=O) groups excluding carboxylic acids is 2. The van der Waals surface area contributed by atoms with Crippen molar-refractivity contribution in [1.29, 1.82) is 0 Å². The molecule has 8 heteroatoms. The molecule has 1 atom stereocenters. The Hall–Kier alpha value is -2.71. The molecule has 2 aromatic rings. The first-order valence-electron chi connectivity index (χ1n) is 12.6. The molecule has 1 aromatic heterocycles. The molecule has 0 bridgehead atoms. The minimum absolute atomic E-state index is 0.215. The van der Waals surface area contributed by atoms with Gasteiger partial charge in [0.15, 0.2) is 0 Å². The Morgan fingerprint density at radius 2 is 1.83 bits per heavy atom. The van der Waals surface area contributed by atoms with Crippen LogP contribution in [0, 0.1) is 26.7 Å². The van der Waals surface area contributed by atoms with Crippen molar-refractivity contribution >= 4 is 32.4 Å². The van der Waals surface area contributed by atoms with Crippen molar-refractivity contribution < 1.29 is 18.8 Å². The zero-order chi connectivity index (χ0) is 26.6. The molecule has 1 N–H and O–H groups in total. The monoisotopic (exact) mass is 510 g/mol. The van der Waals surface area contributed by atoms with Crippen LogP contribution in [0.2, 0.25) is 11.6 Å². The molecule has 3 rings (SSSR count). The van der Waals surface area contributed by atoms with E-state index in [2.05, 4.69) is 37.5 Å². The van der Waals surface area contributed by atoms with Gasteiger partial charge in [-0.05, 0) is 79.9 Å². The Labute approximate surface area is 217 Å². The summed E-state index contributed by atoms with van der Waals surface area (Å²) in [5.74, 6) is 0.544. The van der Waals surface area contributed by atoms with Crippen molar-refractivity contribution in [3.63, 3.8) is 0 Å². The summed E-state index contributed by atoms with van der Waals surface area (Å²) in [6.45, 7) is 17.1. The predicted molar refractivity (Wildman–Crippen MR) is 146 cm³/mol. The number of nitrogens with one attached hydrogen (secondary N) is 1. The van der Waals surface area contributed by atoms with Gasteiger partial charge in [0.05, 0.1) is 12.7 Å². The first kappa shape index (κ1) is 27.9. The second-order valence-electron chi connectivity index (χ2n) is 10.8. The summed E-state index contributed by atoms with van der Waals surface area (Å²) in [4.78, 5) is 32.5. The smallest absolute Gasteiger partial charge is 0.338 e. The van der Waals surface area contributed by atoms with Crippen LogP contribution in [0.25, 0.3) is 0 Å². The second-order valence-corrected chi connectivity index (χ2v) is 13.7. The number of ether oxygens (including phenoxy) is 1. The van der Waals surface area contributed by atoms with E-state index in [-0.39, 0.29) is 10.9 Å². The van der Waals surface area contributed by atoms with E-state index < -0.39 is 15.0 Å². The van der Waals surface area contributed by atoms with Crippen molar-refractivity contribution in [3.8, 4) is 0 Å². The van der Waals surface area contributed by atoms with Gasteiger partial charge in [-0.1, -0.05) is 32.9 Å². The summed E-state index contributed by atoms with van der Waals surface area (Å²) in [7, 11) is 0.479. The predicted octanol–water partition coefficient (Wildman–Crippen LogP) is 5.70. The molecule has 2 heterocycles. The molecule has 36 heavy (non-hydrogen) atoms. The van der Waals surface area contributed by atoms with E-state index in [0.29, 0.717) is 28.4 Å². The number of rotatable bonds is 7. The van der Waals surface area contributed by atoms with E-state index in [9.17, 15) is 9.59 Å². The Kier molecular flexibility index (Phi) is 8.95. The van der Waals surface area contributed by atoms with Crippen molar-refractivity contribution in [2.75, 3.05) is 37.0 Å². The number of hydrogen-bond acceptors (Lipinski definition) is 6. The Balaban J connectivity index is 1.77. The molecule has 1 saturated heterocycles. The van der Waals surface area contributed by atoms with Gasteiger partial charge >= 0.3 is 5.97 Å². The fourth-order valence-electron chi connectivity index (χ4n) is 4.34. The lowest BCUT2D eigenvalue weighted by atomic mass is 9.99. The van der Waals surface area contributed by atoms with Crippen molar-refractivity contribution in [2.45, 2.75) is 66.0 Å². The van der Waals surface area contributed by atoms with Gasteiger partial charge in [0.25, 0.3) is 5.91 Å². The minimum atomic E-state index is -0.871. The van der Waals surface area contributed by atoms with Crippen LogP contribution in [0.1, 0.15) is 71.1 Å². The third-order valence-corrected chi connectivity index (χ3v) is 9.76. The average molecular weight is 511 g/mol. The molecule has 195 valence electrons. The molecule has 1 aliphatic rings. The topological polar surface area (TPSA) is 80.8 Å². The summed E-state index contributed by atoms with van der Waals surface area (Å²) < 4.78 is 11.2. The molecule has 1 unspecified atom stereocenters. The number of piperidine rings is 1. The molecule has 1 aromatic carbocycles. The average Bonchev–Trinajstić information content (AvgIpc) is 2.84. The number of anilines is 2. The lowest BCUT2D eigenvalue weighted by molar-refractivity contribution is 0.0599. The van der Waals surface area contributed by atoms with Gasteiger partial charge in [-0.2, -0.15) is 0 Å². The molecule has 1 fully saturated rings. The quantitative estimate of drug-likeness (QED) is 0.380. The van der Waals surface area contributed by atoms with Gasteiger partial charge in [-0.15, -0.1) is 0 Å². The summed E-state index contributed by atoms with van der Waals surface area (Å²) in [6.07, 6.45) is 2.22. The first-order chi connectivity index (χ1) is 16.9. The van der Waals surface area contributed by atoms with E-state index in [0.717, 1.165) is 49.5 Å². The van der Waals surface area contributed by atoms with Crippen LogP contribution in [-0.2, 0) is 9.16 Å². The highest BCUT2D eigenvalue weighted by molar-refractivity contribution is 6.53. The highest BCUT2D eigenvalue weighted by Crippen LogP contribution is 2.30. The number of aryl methyl sites for hydroxylation is 2. The largest absolute Gasteiger partial charge is 0.465 e. The van der Waals surface area contributed by atoms with E-state index in [1.807, 2.05) is 39.0 Å². The van der Waals surface area contributed by atoms with E-state index >= 15 is 0 Å². The van der Waals surface area contributed by atoms with Crippen LogP contribution >= 0.6 is 0 Å². The van der Waals surface area contributed by atoms with Gasteiger partial charge < -0.3 is 19.4 Å². The van der Waals surface area contributed by atoms with Gasteiger partial charge in [0.1, 0.15) is 11.5 Å². The number of aromatic nitrogens is 1. The first-order valence-corrected chi connectivity index (χ1v) is 14.5. The second kappa shape index (κ2) is 11.6. The number of amides is 1. The molecule has 1 radical (unpaired) electrons. The normalized spacial score (nSPS) is 16.2. The molecule has 0 saturated carbocycles. The van der Waals surface area contributed by atoms with Gasteiger partial charge in [0.2, 0.25) is 9.04 Å².